The van der Waals surface area contributed by atoms with E-state index in [2.05, 4.69) is 10.6 Å². The van der Waals surface area contributed by atoms with Crippen LogP contribution in [-0.2, 0) is 27.3 Å². The first-order chi connectivity index (χ1) is 16.7. The Bertz CT molecular complexity index is 1190. The van der Waals surface area contributed by atoms with Gasteiger partial charge in [-0.05, 0) is 49.6 Å². The minimum Gasteiger partial charge on any atom is -0.372 e. The van der Waals surface area contributed by atoms with Gasteiger partial charge in [0.2, 0.25) is 11.8 Å². The van der Waals surface area contributed by atoms with Crippen LogP contribution < -0.4 is 15.5 Å². The molecule has 2 aromatic rings. The molecular formula is C26H28N4O5. The van der Waals surface area contributed by atoms with Crippen LogP contribution in [0.25, 0.3) is 0 Å². The van der Waals surface area contributed by atoms with Crippen LogP contribution in [-0.4, -0.2) is 60.5 Å². The summed E-state index contributed by atoms with van der Waals surface area (Å²) in [5.41, 5.74) is 1.50. The number of urea groups is 1. The smallest absolute Gasteiger partial charge is 0.328 e. The van der Waals surface area contributed by atoms with Crippen LogP contribution >= 0.6 is 0 Å². The van der Waals surface area contributed by atoms with Crippen molar-refractivity contribution in [2.24, 2.45) is 5.41 Å². The molecule has 2 fully saturated rings. The number of nitrogens with zero attached hydrogens (tertiary/aromatic N) is 2. The SMILES string of the molecule is C[C@@H]1CN2c3ccc(C(=O)N(C)Cc4ccccc4)cc3CC3(C(=O)NC(=O)NC3=O)[C@H]2[C@H](C)O1. The molecule has 2 N–H and O–H groups in total. The van der Waals surface area contributed by atoms with E-state index in [9.17, 15) is 19.2 Å². The molecule has 182 valence electrons. The number of hydrogen-bond donors (Lipinski definition) is 2. The van der Waals surface area contributed by atoms with Gasteiger partial charge in [0.1, 0.15) is 0 Å². The predicted molar refractivity (Wildman–Crippen MR) is 128 cm³/mol. The predicted octanol–water partition coefficient (Wildman–Crippen LogP) is 1.85. The fraction of sp³-hybridized carbons (Fsp3) is 0.385. The maximum absolute atomic E-state index is 13.3. The fourth-order valence-electron chi connectivity index (χ4n) is 5.73. The van der Waals surface area contributed by atoms with E-state index in [1.807, 2.05) is 55.1 Å². The third-order valence-corrected chi connectivity index (χ3v) is 7.17. The molecule has 5 rings (SSSR count). The lowest BCUT2D eigenvalue weighted by Crippen LogP contribution is -2.75. The summed E-state index contributed by atoms with van der Waals surface area (Å²) in [7, 11) is 1.74. The standard InChI is InChI=1S/C26H28N4O5/c1-15-13-30-20-10-9-18(22(31)29(3)14-17-7-5-4-6-8-17)11-19(20)12-26(21(30)16(2)35-15)23(32)27-25(34)28-24(26)33/h4-11,15-16,21H,12-14H2,1-3H3,(H2,27,28,32,33,34)/t15-,16+,21-/m1/s1. The Labute approximate surface area is 203 Å². The molecule has 0 saturated carbocycles. The Morgan fingerprint density at radius 3 is 2.46 bits per heavy atom. The van der Waals surface area contributed by atoms with E-state index in [1.165, 1.54) is 0 Å². The van der Waals surface area contributed by atoms with E-state index >= 15 is 0 Å². The lowest BCUT2D eigenvalue weighted by atomic mass is 9.66. The van der Waals surface area contributed by atoms with Gasteiger partial charge < -0.3 is 14.5 Å². The first-order valence-electron chi connectivity index (χ1n) is 11.7. The number of nitrogens with one attached hydrogen (secondary N) is 2. The van der Waals surface area contributed by atoms with Gasteiger partial charge in [0, 0.05) is 31.4 Å². The molecule has 0 bridgehead atoms. The normalized spacial score (nSPS) is 24.8. The number of barbiturate groups is 1. The largest absolute Gasteiger partial charge is 0.372 e. The number of amides is 5. The molecule has 0 unspecified atom stereocenters. The van der Waals surface area contributed by atoms with Gasteiger partial charge in [-0.3, -0.25) is 25.0 Å². The van der Waals surface area contributed by atoms with Gasteiger partial charge in [-0.1, -0.05) is 30.3 Å². The Balaban J connectivity index is 1.53. The van der Waals surface area contributed by atoms with Crippen molar-refractivity contribution in [1.82, 2.24) is 15.5 Å². The first kappa shape index (κ1) is 23.0. The Morgan fingerprint density at radius 1 is 1.09 bits per heavy atom. The van der Waals surface area contributed by atoms with Gasteiger partial charge in [-0.25, -0.2) is 4.79 Å². The van der Waals surface area contributed by atoms with Gasteiger partial charge in [-0.2, -0.15) is 0 Å². The molecule has 3 aliphatic heterocycles. The molecule has 3 heterocycles. The molecule has 0 aliphatic carbocycles. The minimum atomic E-state index is -1.56. The maximum Gasteiger partial charge on any atom is 0.328 e. The highest BCUT2D eigenvalue weighted by atomic mass is 16.5. The molecule has 9 nitrogen and oxygen atoms in total. The van der Waals surface area contributed by atoms with E-state index in [-0.39, 0.29) is 18.4 Å². The van der Waals surface area contributed by atoms with Crippen molar-refractivity contribution in [1.29, 1.82) is 0 Å². The summed E-state index contributed by atoms with van der Waals surface area (Å²) in [5.74, 6) is -1.45. The first-order valence-corrected chi connectivity index (χ1v) is 11.7. The third-order valence-electron chi connectivity index (χ3n) is 7.17. The number of carbonyl (C=O) groups is 4. The summed E-state index contributed by atoms with van der Waals surface area (Å²) < 4.78 is 6.02. The number of benzene rings is 2. The van der Waals surface area contributed by atoms with Crippen LogP contribution in [0.15, 0.2) is 48.5 Å². The monoisotopic (exact) mass is 476 g/mol. The second kappa shape index (κ2) is 8.49. The zero-order chi connectivity index (χ0) is 24.9. The molecule has 2 aromatic carbocycles. The third kappa shape index (κ3) is 3.76. The van der Waals surface area contributed by atoms with Crippen molar-refractivity contribution in [2.75, 3.05) is 18.5 Å². The van der Waals surface area contributed by atoms with Crippen molar-refractivity contribution in [2.45, 2.75) is 45.1 Å². The highest BCUT2D eigenvalue weighted by molar-refractivity contribution is 6.20. The molecule has 1 spiro atoms. The fourth-order valence-corrected chi connectivity index (χ4v) is 5.73. The summed E-state index contributed by atoms with van der Waals surface area (Å²) in [6.07, 6.45) is -0.506. The van der Waals surface area contributed by atoms with Crippen molar-refractivity contribution in [3.63, 3.8) is 0 Å². The van der Waals surface area contributed by atoms with Gasteiger partial charge in [0.15, 0.2) is 5.41 Å². The molecule has 3 aliphatic rings. The van der Waals surface area contributed by atoms with Gasteiger partial charge in [0.05, 0.1) is 18.2 Å². The summed E-state index contributed by atoms with van der Waals surface area (Å²) >= 11 is 0. The van der Waals surface area contributed by atoms with Crippen LogP contribution in [0.5, 0.6) is 0 Å². The number of carbonyl (C=O) groups excluding carboxylic acids is 4. The second-order valence-electron chi connectivity index (χ2n) is 9.62. The number of fused-ring (bicyclic) bond motifs is 4. The van der Waals surface area contributed by atoms with E-state index < -0.39 is 35.4 Å². The Kier molecular flexibility index (Phi) is 5.59. The Hall–Kier alpha value is -3.72. The van der Waals surface area contributed by atoms with Crippen molar-refractivity contribution >= 4 is 29.4 Å². The average Bonchev–Trinajstić information content (AvgIpc) is 2.81. The Morgan fingerprint density at radius 2 is 1.77 bits per heavy atom. The van der Waals surface area contributed by atoms with Crippen molar-refractivity contribution in [3.05, 3.63) is 65.2 Å². The van der Waals surface area contributed by atoms with E-state index in [4.69, 9.17) is 4.74 Å². The second-order valence-corrected chi connectivity index (χ2v) is 9.62. The van der Waals surface area contributed by atoms with E-state index in [0.29, 0.717) is 24.2 Å². The summed E-state index contributed by atoms with van der Waals surface area (Å²) in [5, 5.41) is 4.56. The molecule has 5 amide bonds. The zero-order valence-corrected chi connectivity index (χ0v) is 19.9. The molecule has 35 heavy (non-hydrogen) atoms. The minimum absolute atomic E-state index is 0.0556. The number of hydrogen-bond acceptors (Lipinski definition) is 6. The van der Waals surface area contributed by atoms with Gasteiger partial charge >= 0.3 is 6.03 Å². The summed E-state index contributed by atoms with van der Waals surface area (Å²) in [4.78, 5) is 55.3. The van der Waals surface area contributed by atoms with Crippen molar-refractivity contribution in [3.8, 4) is 0 Å². The van der Waals surface area contributed by atoms with Crippen LogP contribution in [0.4, 0.5) is 10.5 Å². The quantitative estimate of drug-likeness (QED) is 0.655. The molecular weight excluding hydrogens is 448 g/mol. The lowest BCUT2D eigenvalue weighted by Gasteiger charge is -2.55. The van der Waals surface area contributed by atoms with Crippen LogP contribution in [0.2, 0.25) is 0 Å². The van der Waals surface area contributed by atoms with E-state index in [0.717, 1.165) is 11.3 Å². The highest BCUT2D eigenvalue weighted by Gasteiger charge is 2.62. The van der Waals surface area contributed by atoms with Crippen LogP contribution in [0, 0.1) is 5.41 Å². The number of rotatable bonds is 3. The zero-order valence-electron chi connectivity index (χ0n) is 19.9. The summed E-state index contributed by atoms with van der Waals surface area (Å²) in [6, 6.07) is 13.7. The van der Waals surface area contributed by atoms with Gasteiger partial charge in [0.25, 0.3) is 5.91 Å². The van der Waals surface area contributed by atoms with Crippen LogP contribution in [0.1, 0.15) is 35.3 Å². The average molecular weight is 477 g/mol. The van der Waals surface area contributed by atoms with Crippen molar-refractivity contribution < 1.29 is 23.9 Å². The maximum atomic E-state index is 13.3. The molecule has 3 atom stereocenters. The molecule has 0 radical (unpaired) electrons. The number of ether oxygens (including phenoxy) is 1. The van der Waals surface area contributed by atoms with Gasteiger partial charge in [-0.15, -0.1) is 0 Å². The lowest BCUT2D eigenvalue weighted by molar-refractivity contribution is -0.153. The number of anilines is 1. The topological polar surface area (TPSA) is 108 Å². The molecule has 2 saturated heterocycles. The molecule has 0 aromatic heterocycles. The highest BCUT2D eigenvalue weighted by Crippen LogP contribution is 2.46. The number of morpholine rings is 1. The molecule has 9 heteroatoms. The number of imide groups is 2. The summed E-state index contributed by atoms with van der Waals surface area (Å²) in [6.45, 7) is 4.70. The van der Waals surface area contributed by atoms with Crippen LogP contribution in [0.3, 0.4) is 0 Å². The van der Waals surface area contributed by atoms with E-state index in [1.54, 1.807) is 24.1 Å².